The second kappa shape index (κ2) is 9.03. The van der Waals surface area contributed by atoms with Crippen LogP contribution >= 0.6 is 12.4 Å². The molecular formula is C18H27ClN4O3S. The average Bonchev–Trinajstić information content (AvgIpc) is 2.77. The van der Waals surface area contributed by atoms with Crippen LogP contribution in [0.3, 0.4) is 0 Å². The summed E-state index contributed by atoms with van der Waals surface area (Å²) in [6, 6.07) is 6.15. The molecule has 0 radical (unpaired) electrons. The number of amides is 1. The highest BCUT2D eigenvalue weighted by atomic mass is 35.5. The Labute approximate surface area is 167 Å². The van der Waals surface area contributed by atoms with Gasteiger partial charge in [-0.15, -0.1) is 12.4 Å². The van der Waals surface area contributed by atoms with Crippen molar-refractivity contribution in [1.82, 2.24) is 14.9 Å². The summed E-state index contributed by atoms with van der Waals surface area (Å²) in [6.45, 7) is 7.11. The molecule has 2 heterocycles. The van der Waals surface area contributed by atoms with Gasteiger partial charge in [-0.05, 0) is 37.4 Å². The first-order valence-corrected chi connectivity index (χ1v) is 10.6. The Hall–Kier alpha value is -1.64. The predicted molar refractivity (Wildman–Crippen MR) is 108 cm³/mol. The lowest BCUT2D eigenvalue weighted by Crippen LogP contribution is -2.41. The Balaban J connectivity index is 0.00000261. The van der Waals surface area contributed by atoms with E-state index in [1.165, 1.54) is 0 Å². The summed E-state index contributed by atoms with van der Waals surface area (Å²) in [5, 5.41) is 3.29. The van der Waals surface area contributed by atoms with Crippen LogP contribution in [-0.2, 0) is 14.8 Å². The SMILES string of the molecule is CC(C)CC(N=C1NS(=O)(=O)c2ccccc21)C(=O)N1CCCNCC1.Cl. The van der Waals surface area contributed by atoms with Crippen LogP contribution in [0.1, 0.15) is 32.3 Å². The van der Waals surface area contributed by atoms with E-state index in [0.29, 0.717) is 25.1 Å². The topological polar surface area (TPSA) is 90.9 Å². The number of nitrogens with zero attached hydrogens (tertiary/aromatic N) is 2. The van der Waals surface area contributed by atoms with Gasteiger partial charge >= 0.3 is 0 Å². The van der Waals surface area contributed by atoms with E-state index in [4.69, 9.17) is 0 Å². The number of sulfonamides is 1. The molecule has 0 bridgehead atoms. The summed E-state index contributed by atoms with van der Waals surface area (Å²) in [5.41, 5.74) is 0.534. The van der Waals surface area contributed by atoms with E-state index in [9.17, 15) is 13.2 Å². The molecule has 1 aromatic carbocycles. The molecule has 1 fully saturated rings. The molecule has 0 aliphatic carbocycles. The monoisotopic (exact) mass is 414 g/mol. The molecule has 2 aliphatic heterocycles. The van der Waals surface area contributed by atoms with Crippen molar-refractivity contribution in [1.29, 1.82) is 0 Å². The van der Waals surface area contributed by atoms with Crippen molar-refractivity contribution in [2.24, 2.45) is 10.9 Å². The minimum atomic E-state index is -3.60. The number of benzene rings is 1. The fourth-order valence-electron chi connectivity index (χ4n) is 3.32. The predicted octanol–water partition coefficient (Wildman–Crippen LogP) is 1.38. The van der Waals surface area contributed by atoms with Gasteiger partial charge in [-0.1, -0.05) is 26.0 Å². The van der Waals surface area contributed by atoms with Gasteiger partial charge < -0.3 is 10.2 Å². The second-order valence-electron chi connectivity index (χ2n) is 7.15. The fourth-order valence-corrected chi connectivity index (χ4v) is 4.56. The normalized spacial score (nSPS) is 21.1. The summed E-state index contributed by atoms with van der Waals surface area (Å²) >= 11 is 0. The molecule has 1 saturated heterocycles. The molecule has 0 spiro atoms. The third-order valence-corrected chi connectivity index (χ3v) is 5.98. The Morgan fingerprint density at radius 2 is 1.96 bits per heavy atom. The van der Waals surface area contributed by atoms with Crippen LogP contribution in [0.4, 0.5) is 0 Å². The molecule has 3 rings (SSSR count). The lowest BCUT2D eigenvalue weighted by molar-refractivity contribution is -0.132. The van der Waals surface area contributed by atoms with E-state index in [1.54, 1.807) is 24.3 Å². The first-order chi connectivity index (χ1) is 12.4. The quantitative estimate of drug-likeness (QED) is 0.778. The molecule has 1 atom stereocenters. The van der Waals surface area contributed by atoms with E-state index in [2.05, 4.69) is 15.0 Å². The van der Waals surface area contributed by atoms with Crippen LogP contribution in [0, 0.1) is 5.92 Å². The van der Waals surface area contributed by atoms with Crippen LogP contribution in [0.15, 0.2) is 34.2 Å². The van der Waals surface area contributed by atoms with Crippen LogP contribution in [0.2, 0.25) is 0 Å². The van der Waals surface area contributed by atoms with E-state index < -0.39 is 16.1 Å². The maximum atomic E-state index is 13.1. The number of fused-ring (bicyclic) bond motifs is 1. The largest absolute Gasteiger partial charge is 0.340 e. The van der Waals surface area contributed by atoms with Gasteiger partial charge in [0.05, 0.1) is 4.90 Å². The van der Waals surface area contributed by atoms with Crippen LogP contribution in [0.25, 0.3) is 0 Å². The van der Waals surface area contributed by atoms with Crippen molar-refractivity contribution in [2.45, 2.75) is 37.6 Å². The number of carbonyl (C=O) groups is 1. The summed E-state index contributed by atoms with van der Waals surface area (Å²) in [4.78, 5) is 19.7. The summed E-state index contributed by atoms with van der Waals surface area (Å²) in [6.07, 6.45) is 1.49. The van der Waals surface area contributed by atoms with Gasteiger partial charge in [-0.25, -0.2) is 8.42 Å². The molecule has 7 nitrogen and oxygen atoms in total. The van der Waals surface area contributed by atoms with Crippen molar-refractivity contribution in [3.63, 3.8) is 0 Å². The van der Waals surface area contributed by atoms with Crippen molar-refractivity contribution in [3.8, 4) is 0 Å². The molecule has 1 unspecified atom stereocenters. The zero-order chi connectivity index (χ0) is 18.7. The molecule has 0 saturated carbocycles. The van der Waals surface area contributed by atoms with E-state index in [1.807, 2.05) is 18.7 Å². The molecule has 2 aliphatic rings. The molecule has 0 aromatic heterocycles. The maximum Gasteiger partial charge on any atom is 0.263 e. The first kappa shape index (κ1) is 21.7. The zero-order valence-electron chi connectivity index (χ0n) is 15.6. The Morgan fingerprint density at radius 1 is 1.22 bits per heavy atom. The average molecular weight is 415 g/mol. The zero-order valence-corrected chi connectivity index (χ0v) is 17.3. The van der Waals surface area contributed by atoms with Gasteiger partial charge in [0.2, 0.25) is 5.91 Å². The van der Waals surface area contributed by atoms with Crippen molar-refractivity contribution >= 4 is 34.2 Å². The molecule has 150 valence electrons. The van der Waals surface area contributed by atoms with Crippen molar-refractivity contribution in [2.75, 3.05) is 26.2 Å². The van der Waals surface area contributed by atoms with Gasteiger partial charge in [0.1, 0.15) is 11.9 Å². The number of rotatable bonds is 4. The number of halogens is 1. The highest BCUT2D eigenvalue weighted by molar-refractivity contribution is 7.90. The van der Waals surface area contributed by atoms with Gasteiger partial charge in [-0.3, -0.25) is 14.5 Å². The van der Waals surface area contributed by atoms with Crippen LogP contribution < -0.4 is 10.0 Å². The third kappa shape index (κ3) is 5.00. The number of hydrogen-bond donors (Lipinski definition) is 2. The van der Waals surface area contributed by atoms with Gasteiger partial charge in [0.15, 0.2) is 0 Å². The standard InChI is InChI=1S/C18H26N4O3S.ClH/c1-13(2)12-15(18(23)22-10-5-8-19-9-11-22)20-17-14-6-3-4-7-16(14)26(24,25)21-17;/h3-4,6-7,13,15,19H,5,8-12H2,1-2H3,(H,20,21);1H. The molecule has 2 N–H and O–H groups in total. The number of aliphatic imine (C=N–C) groups is 1. The lowest BCUT2D eigenvalue weighted by atomic mass is 10.0. The Bertz CT molecular complexity index is 803. The Morgan fingerprint density at radius 3 is 2.70 bits per heavy atom. The van der Waals surface area contributed by atoms with Crippen LogP contribution in [-0.4, -0.2) is 57.3 Å². The first-order valence-electron chi connectivity index (χ1n) is 9.08. The summed E-state index contributed by atoms with van der Waals surface area (Å²) in [5.74, 6) is 0.512. The third-order valence-electron chi connectivity index (χ3n) is 4.58. The Kier molecular flexibility index (Phi) is 7.25. The second-order valence-corrected chi connectivity index (χ2v) is 8.80. The smallest absolute Gasteiger partial charge is 0.263 e. The molecule has 9 heteroatoms. The van der Waals surface area contributed by atoms with Gasteiger partial charge in [0.25, 0.3) is 10.0 Å². The minimum absolute atomic E-state index is 0. The fraction of sp³-hybridized carbons (Fsp3) is 0.556. The van der Waals surface area contributed by atoms with E-state index in [-0.39, 0.29) is 35.0 Å². The van der Waals surface area contributed by atoms with Gasteiger partial charge in [0, 0.05) is 25.2 Å². The minimum Gasteiger partial charge on any atom is -0.340 e. The molecule has 1 aromatic rings. The molecular weight excluding hydrogens is 388 g/mol. The summed E-state index contributed by atoms with van der Waals surface area (Å²) in [7, 11) is -3.60. The lowest BCUT2D eigenvalue weighted by Gasteiger charge is -2.25. The van der Waals surface area contributed by atoms with Crippen molar-refractivity contribution < 1.29 is 13.2 Å². The van der Waals surface area contributed by atoms with Crippen LogP contribution in [0.5, 0.6) is 0 Å². The van der Waals surface area contributed by atoms with Crippen molar-refractivity contribution in [3.05, 3.63) is 29.8 Å². The van der Waals surface area contributed by atoms with E-state index in [0.717, 1.165) is 19.5 Å². The maximum absolute atomic E-state index is 13.1. The number of nitrogens with one attached hydrogen (secondary N) is 2. The summed E-state index contributed by atoms with van der Waals surface area (Å²) < 4.78 is 27.1. The molecule has 27 heavy (non-hydrogen) atoms. The molecule has 1 amide bonds. The van der Waals surface area contributed by atoms with Gasteiger partial charge in [-0.2, -0.15) is 0 Å². The highest BCUT2D eigenvalue weighted by Crippen LogP contribution is 2.24. The highest BCUT2D eigenvalue weighted by Gasteiger charge is 2.33. The number of amidine groups is 1. The van der Waals surface area contributed by atoms with E-state index >= 15 is 0 Å². The number of carbonyl (C=O) groups excluding carboxylic acids is 1. The number of hydrogen-bond acceptors (Lipinski definition) is 5.